The monoisotopic (exact) mass is 382 g/mol. The van der Waals surface area contributed by atoms with Crippen molar-refractivity contribution in [2.75, 3.05) is 13.6 Å². The van der Waals surface area contributed by atoms with Crippen molar-refractivity contribution in [1.82, 2.24) is 19.8 Å². The van der Waals surface area contributed by atoms with Crippen molar-refractivity contribution in [3.05, 3.63) is 35.1 Å². The first-order chi connectivity index (χ1) is 13.0. The molecule has 2 aliphatic heterocycles. The predicted molar refractivity (Wildman–Crippen MR) is 107 cm³/mol. The minimum atomic E-state index is 0.145. The Morgan fingerprint density at radius 1 is 1.26 bits per heavy atom. The third-order valence-corrected chi connectivity index (χ3v) is 8.20. The molecule has 4 heterocycles. The standard InChI is InChI=1S/C21H26N4OS/c1-13-19(27-12-23-13)16-8-7-14(10-22-16)20(26)25-11-15-9-21(2)17(24(15)3)5-4-6-18(21)25/h7-8,10,12,15,17-18H,4-6,9,11H2,1-3H3/t15-,17-,18+,21-/m0/s1. The lowest BCUT2D eigenvalue weighted by Gasteiger charge is -2.50. The van der Waals surface area contributed by atoms with Gasteiger partial charge >= 0.3 is 0 Å². The third-order valence-electron chi connectivity index (χ3n) is 7.25. The van der Waals surface area contributed by atoms with E-state index in [4.69, 9.17) is 0 Å². The van der Waals surface area contributed by atoms with Crippen molar-refractivity contribution in [2.24, 2.45) is 5.41 Å². The molecule has 1 amide bonds. The van der Waals surface area contributed by atoms with Gasteiger partial charge in [0.2, 0.25) is 0 Å². The number of aryl methyl sites for hydroxylation is 1. The average molecular weight is 383 g/mol. The molecule has 5 nitrogen and oxygen atoms in total. The molecule has 3 fully saturated rings. The quantitative estimate of drug-likeness (QED) is 0.796. The number of likely N-dealkylation sites (tertiary alicyclic amines) is 2. The van der Waals surface area contributed by atoms with Crippen molar-refractivity contribution in [2.45, 2.75) is 57.7 Å². The Hall–Kier alpha value is -1.79. The van der Waals surface area contributed by atoms with Gasteiger partial charge in [0.05, 0.1) is 27.3 Å². The predicted octanol–water partition coefficient (Wildman–Crippen LogP) is 3.60. The first-order valence-electron chi connectivity index (χ1n) is 9.88. The minimum absolute atomic E-state index is 0.145. The van der Waals surface area contributed by atoms with Crippen molar-refractivity contribution in [1.29, 1.82) is 0 Å². The summed E-state index contributed by atoms with van der Waals surface area (Å²) in [4.78, 5) is 28.1. The summed E-state index contributed by atoms with van der Waals surface area (Å²) < 4.78 is 0. The van der Waals surface area contributed by atoms with Crippen molar-refractivity contribution < 1.29 is 4.79 Å². The second kappa shape index (κ2) is 6.11. The molecule has 2 aromatic rings. The van der Waals surface area contributed by atoms with Crippen molar-refractivity contribution in [3.63, 3.8) is 0 Å². The van der Waals surface area contributed by atoms with Crippen LogP contribution < -0.4 is 0 Å². The Bertz CT molecular complexity index is 879. The molecule has 3 aliphatic rings. The zero-order valence-electron chi connectivity index (χ0n) is 16.2. The van der Waals surface area contributed by atoms with Crippen LogP contribution in [0.2, 0.25) is 0 Å². The number of fused-ring (bicyclic) bond motifs is 1. The van der Waals surface area contributed by atoms with Crippen LogP contribution in [-0.4, -0.2) is 57.4 Å². The largest absolute Gasteiger partial charge is 0.333 e. The molecule has 0 unspecified atom stereocenters. The molecule has 0 N–H and O–H groups in total. The highest BCUT2D eigenvalue weighted by molar-refractivity contribution is 7.13. The molecule has 1 aliphatic carbocycles. The summed E-state index contributed by atoms with van der Waals surface area (Å²) in [7, 11) is 2.25. The number of carbonyl (C=O) groups excluding carboxylic acids is 1. The summed E-state index contributed by atoms with van der Waals surface area (Å²) >= 11 is 1.59. The lowest BCUT2D eigenvalue weighted by Crippen LogP contribution is -2.57. The van der Waals surface area contributed by atoms with Gasteiger partial charge in [-0.2, -0.15) is 0 Å². The number of aromatic nitrogens is 2. The SMILES string of the molecule is Cc1ncsc1-c1ccc(C(=O)N2C[C@@H]3C[C@@]4(C)[C@H](CCC[C@@H]24)N3C)cn1. The van der Waals surface area contributed by atoms with Crippen molar-refractivity contribution >= 4 is 17.2 Å². The Kier molecular flexibility index (Phi) is 3.92. The molecular formula is C21H26N4OS. The van der Waals surface area contributed by atoms with E-state index in [9.17, 15) is 4.79 Å². The number of hydrogen-bond donors (Lipinski definition) is 0. The molecular weight excluding hydrogens is 356 g/mol. The first-order valence-corrected chi connectivity index (χ1v) is 10.8. The van der Waals surface area contributed by atoms with E-state index in [0.29, 0.717) is 23.7 Å². The Balaban J connectivity index is 1.43. The number of rotatable bonds is 2. The highest BCUT2D eigenvalue weighted by atomic mass is 32.1. The zero-order chi connectivity index (χ0) is 18.8. The maximum Gasteiger partial charge on any atom is 0.255 e. The molecule has 27 heavy (non-hydrogen) atoms. The topological polar surface area (TPSA) is 49.3 Å². The fourth-order valence-corrected chi connectivity index (χ4v) is 6.67. The van der Waals surface area contributed by atoms with Gasteiger partial charge in [-0.1, -0.05) is 6.92 Å². The van der Waals surface area contributed by atoms with Gasteiger partial charge in [0.25, 0.3) is 5.91 Å². The molecule has 0 radical (unpaired) electrons. The van der Waals surface area contributed by atoms with Gasteiger partial charge in [-0.25, -0.2) is 4.98 Å². The Labute approximate surface area is 164 Å². The van der Waals surface area contributed by atoms with Crippen LogP contribution >= 0.6 is 11.3 Å². The van der Waals surface area contributed by atoms with Crippen LogP contribution in [0.5, 0.6) is 0 Å². The Morgan fingerprint density at radius 3 is 2.78 bits per heavy atom. The molecule has 5 rings (SSSR count). The van der Waals surface area contributed by atoms with Gasteiger partial charge in [0.15, 0.2) is 0 Å². The lowest BCUT2D eigenvalue weighted by molar-refractivity contribution is 0.0117. The molecule has 4 atom stereocenters. The van der Waals surface area contributed by atoms with E-state index >= 15 is 0 Å². The number of piperidine rings is 1. The second-order valence-electron chi connectivity index (χ2n) is 8.65. The minimum Gasteiger partial charge on any atom is -0.333 e. The Morgan fingerprint density at radius 2 is 2.07 bits per heavy atom. The average Bonchev–Trinajstić information content (AvgIpc) is 3.20. The maximum absolute atomic E-state index is 13.4. The van der Waals surface area contributed by atoms with E-state index in [1.165, 1.54) is 19.3 Å². The van der Waals surface area contributed by atoms with E-state index in [-0.39, 0.29) is 11.3 Å². The maximum atomic E-state index is 13.4. The van der Waals surface area contributed by atoms with E-state index in [2.05, 4.69) is 33.7 Å². The fraction of sp³-hybridized carbons (Fsp3) is 0.571. The summed E-state index contributed by atoms with van der Waals surface area (Å²) in [5.41, 5.74) is 4.67. The molecule has 142 valence electrons. The number of pyridine rings is 1. The van der Waals surface area contributed by atoms with Crippen LogP contribution in [0.4, 0.5) is 0 Å². The van der Waals surface area contributed by atoms with Gasteiger partial charge in [0.1, 0.15) is 0 Å². The molecule has 0 aromatic carbocycles. The fourth-order valence-electron chi connectivity index (χ4n) is 5.89. The zero-order valence-corrected chi connectivity index (χ0v) is 17.0. The van der Waals surface area contributed by atoms with Crippen LogP contribution in [0.3, 0.4) is 0 Å². The van der Waals surface area contributed by atoms with Crippen LogP contribution in [0.1, 0.15) is 48.7 Å². The lowest BCUT2D eigenvalue weighted by atomic mass is 9.65. The van der Waals surface area contributed by atoms with Gasteiger partial charge in [-0.15, -0.1) is 11.3 Å². The number of amides is 1. The van der Waals surface area contributed by atoms with Crippen LogP contribution in [-0.2, 0) is 0 Å². The summed E-state index contributed by atoms with van der Waals surface area (Å²) in [5.74, 6) is 0.145. The molecule has 2 aromatic heterocycles. The third kappa shape index (κ3) is 2.49. The summed E-state index contributed by atoms with van der Waals surface area (Å²) in [6, 6.07) is 5.36. The second-order valence-corrected chi connectivity index (χ2v) is 9.50. The van der Waals surface area contributed by atoms with E-state index in [1.807, 2.05) is 24.6 Å². The van der Waals surface area contributed by atoms with Gasteiger partial charge < -0.3 is 4.90 Å². The molecule has 0 spiro atoms. The van der Waals surface area contributed by atoms with Crippen LogP contribution in [0.15, 0.2) is 23.8 Å². The number of hydrogen-bond acceptors (Lipinski definition) is 5. The van der Waals surface area contributed by atoms with E-state index in [1.54, 1.807) is 17.5 Å². The number of nitrogens with zero attached hydrogens (tertiary/aromatic N) is 4. The summed E-state index contributed by atoms with van der Waals surface area (Å²) in [6.45, 7) is 5.25. The van der Waals surface area contributed by atoms with E-state index < -0.39 is 0 Å². The number of carbonyl (C=O) groups is 1. The van der Waals surface area contributed by atoms with Gasteiger partial charge in [-0.3, -0.25) is 14.7 Å². The summed E-state index contributed by atoms with van der Waals surface area (Å²) in [6.07, 6.45) is 6.59. The molecule has 2 bridgehead atoms. The van der Waals surface area contributed by atoms with Gasteiger partial charge in [0, 0.05) is 36.3 Å². The molecule has 2 saturated heterocycles. The highest BCUT2D eigenvalue weighted by Crippen LogP contribution is 2.53. The smallest absolute Gasteiger partial charge is 0.255 e. The highest BCUT2D eigenvalue weighted by Gasteiger charge is 2.59. The first kappa shape index (κ1) is 17.3. The normalized spacial score (nSPS) is 32.7. The van der Waals surface area contributed by atoms with Crippen molar-refractivity contribution in [3.8, 4) is 10.6 Å². The number of likely N-dealkylation sites (N-methyl/N-ethyl adjacent to an activating group) is 1. The molecule has 6 heteroatoms. The van der Waals surface area contributed by atoms with Crippen LogP contribution in [0.25, 0.3) is 10.6 Å². The number of thiazole rings is 1. The summed E-state index contributed by atoms with van der Waals surface area (Å²) in [5, 5.41) is 0. The van der Waals surface area contributed by atoms with Gasteiger partial charge in [-0.05, 0) is 51.8 Å². The van der Waals surface area contributed by atoms with E-state index in [0.717, 1.165) is 29.2 Å². The molecule has 1 saturated carbocycles. The van der Waals surface area contributed by atoms with Crippen LogP contribution in [0, 0.1) is 12.3 Å².